The highest BCUT2D eigenvalue weighted by Gasteiger charge is 2.20. The molecule has 0 spiro atoms. The Morgan fingerprint density at radius 2 is 1.86 bits per heavy atom. The van der Waals surface area contributed by atoms with Crippen LogP contribution in [0.5, 0.6) is 0 Å². The van der Waals surface area contributed by atoms with Gasteiger partial charge < -0.3 is 5.32 Å². The zero-order chi connectivity index (χ0) is 15.6. The lowest BCUT2D eigenvalue weighted by Gasteiger charge is -2.22. The Labute approximate surface area is 132 Å². The summed E-state index contributed by atoms with van der Waals surface area (Å²) in [6.07, 6.45) is 0.843. The molecule has 0 saturated carbocycles. The van der Waals surface area contributed by atoms with Crippen molar-refractivity contribution in [3.05, 3.63) is 51.3 Å². The Kier molecular flexibility index (Phi) is 5.07. The maximum absolute atomic E-state index is 6.45. The van der Waals surface area contributed by atoms with E-state index in [0.29, 0.717) is 0 Å². The first-order valence-electron chi connectivity index (χ1n) is 7.44. The molecule has 4 heteroatoms. The number of nitrogens with one attached hydrogen (secondary N) is 1. The zero-order valence-corrected chi connectivity index (χ0v) is 14.3. The highest BCUT2D eigenvalue weighted by atomic mass is 35.5. The van der Waals surface area contributed by atoms with Crippen molar-refractivity contribution in [3.63, 3.8) is 0 Å². The molecule has 0 aliphatic rings. The zero-order valence-electron chi connectivity index (χ0n) is 13.5. The summed E-state index contributed by atoms with van der Waals surface area (Å²) >= 11 is 6.45. The largest absolute Gasteiger partial charge is 0.313 e. The molecule has 1 N–H and O–H groups in total. The van der Waals surface area contributed by atoms with Crippen LogP contribution in [0, 0.1) is 20.8 Å². The fourth-order valence-corrected chi connectivity index (χ4v) is 3.20. The van der Waals surface area contributed by atoms with E-state index in [2.05, 4.69) is 49.4 Å². The number of benzene rings is 1. The summed E-state index contributed by atoms with van der Waals surface area (Å²) in [5.41, 5.74) is 6.00. The summed E-state index contributed by atoms with van der Waals surface area (Å²) in [6.45, 7) is 9.23. The number of halogens is 1. The maximum atomic E-state index is 6.45. The topological polar surface area (TPSA) is 29.9 Å². The minimum absolute atomic E-state index is 0.241. The standard InChI is InChI=1S/C17H24ClN3/c1-6-21-15(17(18)13(4)20-21)10-14(19-5)16-11(2)8-7-9-12(16)3/h7-9,14,19H,6,10H2,1-5H3. The van der Waals surface area contributed by atoms with E-state index in [9.17, 15) is 0 Å². The summed E-state index contributed by atoms with van der Waals surface area (Å²) in [7, 11) is 2.00. The van der Waals surface area contributed by atoms with E-state index in [1.54, 1.807) is 0 Å². The average Bonchev–Trinajstić information content (AvgIpc) is 2.73. The summed E-state index contributed by atoms with van der Waals surface area (Å²) in [5.74, 6) is 0. The Balaban J connectivity index is 2.41. The third-order valence-corrected chi connectivity index (χ3v) is 4.58. The van der Waals surface area contributed by atoms with Gasteiger partial charge in [0, 0.05) is 19.0 Å². The Bertz CT molecular complexity index is 611. The molecular formula is C17H24ClN3. The summed E-state index contributed by atoms with van der Waals surface area (Å²) < 4.78 is 2.01. The van der Waals surface area contributed by atoms with E-state index in [0.717, 1.165) is 29.4 Å². The molecule has 0 radical (unpaired) electrons. The molecule has 2 rings (SSSR count). The van der Waals surface area contributed by atoms with Gasteiger partial charge in [0.2, 0.25) is 0 Å². The van der Waals surface area contributed by atoms with Crippen molar-refractivity contribution in [1.29, 1.82) is 0 Å². The monoisotopic (exact) mass is 305 g/mol. The van der Waals surface area contributed by atoms with Gasteiger partial charge in [-0.25, -0.2) is 0 Å². The molecule has 1 aromatic carbocycles. The first-order chi connectivity index (χ1) is 9.99. The molecule has 1 unspecified atom stereocenters. The lowest BCUT2D eigenvalue weighted by atomic mass is 9.93. The number of nitrogens with zero attached hydrogens (tertiary/aromatic N) is 2. The van der Waals surface area contributed by atoms with Crippen molar-refractivity contribution in [2.45, 2.75) is 46.7 Å². The minimum atomic E-state index is 0.241. The number of rotatable bonds is 5. The third-order valence-electron chi connectivity index (χ3n) is 4.09. The van der Waals surface area contributed by atoms with Gasteiger partial charge in [0.25, 0.3) is 0 Å². The fraction of sp³-hybridized carbons (Fsp3) is 0.471. The summed E-state index contributed by atoms with van der Waals surface area (Å²) in [4.78, 5) is 0. The van der Waals surface area contributed by atoms with E-state index in [4.69, 9.17) is 11.6 Å². The molecule has 114 valence electrons. The summed E-state index contributed by atoms with van der Waals surface area (Å²) in [6, 6.07) is 6.67. The molecule has 21 heavy (non-hydrogen) atoms. The number of likely N-dealkylation sites (N-methyl/N-ethyl adjacent to an activating group) is 1. The van der Waals surface area contributed by atoms with Crippen molar-refractivity contribution in [2.75, 3.05) is 7.05 Å². The number of aryl methyl sites for hydroxylation is 4. The Morgan fingerprint density at radius 1 is 1.24 bits per heavy atom. The number of hydrogen-bond donors (Lipinski definition) is 1. The molecule has 0 bridgehead atoms. The second-order valence-corrected chi connectivity index (χ2v) is 5.89. The molecule has 1 heterocycles. The van der Waals surface area contributed by atoms with Crippen LogP contribution in [0.1, 0.15) is 41.0 Å². The predicted molar refractivity (Wildman–Crippen MR) is 89.1 cm³/mol. The first-order valence-corrected chi connectivity index (χ1v) is 7.82. The molecule has 1 aromatic heterocycles. The van der Waals surface area contributed by atoms with Crippen molar-refractivity contribution in [2.24, 2.45) is 0 Å². The normalized spacial score (nSPS) is 12.7. The van der Waals surface area contributed by atoms with Gasteiger partial charge >= 0.3 is 0 Å². The molecule has 0 aliphatic heterocycles. The van der Waals surface area contributed by atoms with Crippen molar-refractivity contribution < 1.29 is 0 Å². The van der Waals surface area contributed by atoms with Gasteiger partial charge in [-0.05, 0) is 51.4 Å². The van der Waals surface area contributed by atoms with Crippen LogP contribution in [0.3, 0.4) is 0 Å². The predicted octanol–water partition coefficient (Wildman–Crippen LogP) is 3.98. The molecule has 0 amide bonds. The maximum Gasteiger partial charge on any atom is 0.0847 e. The van der Waals surface area contributed by atoms with Crippen molar-refractivity contribution in [1.82, 2.24) is 15.1 Å². The minimum Gasteiger partial charge on any atom is -0.313 e. The molecular weight excluding hydrogens is 282 g/mol. The van der Waals surface area contributed by atoms with Crippen LogP contribution in [0.2, 0.25) is 5.02 Å². The van der Waals surface area contributed by atoms with Gasteiger partial charge in [0.1, 0.15) is 0 Å². The first kappa shape index (κ1) is 16.1. The van der Waals surface area contributed by atoms with Crippen molar-refractivity contribution in [3.8, 4) is 0 Å². The highest BCUT2D eigenvalue weighted by Crippen LogP contribution is 2.29. The Morgan fingerprint density at radius 3 is 2.38 bits per heavy atom. The smallest absolute Gasteiger partial charge is 0.0847 e. The van der Waals surface area contributed by atoms with Crippen LogP contribution in [-0.2, 0) is 13.0 Å². The van der Waals surface area contributed by atoms with Crippen LogP contribution in [0.15, 0.2) is 18.2 Å². The quantitative estimate of drug-likeness (QED) is 0.905. The molecule has 2 aromatic rings. The lowest BCUT2D eigenvalue weighted by Crippen LogP contribution is -2.22. The number of hydrogen-bond acceptors (Lipinski definition) is 2. The average molecular weight is 306 g/mol. The van der Waals surface area contributed by atoms with Gasteiger partial charge in [0.05, 0.1) is 16.4 Å². The van der Waals surface area contributed by atoms with E-state index >= 15 is 0 Å². The molecule has 1 atom stereocenters. The van der Waals surface area contributed by atoms with Gasteiger partial charge in [-0.15, -0.1) is 0 Å². The van der Waals surface area contributed by atoms with Crippen LogP contribution >= 0.6 is 11.6 Å². The lowest BCUT2D eigenvalue weighted by molar-refractivity contribution is 0.537. The van der Waals surface area contributed by atoms with Gasteiger partial charge in [-0.1, -0.05) is 29.8 Å². The second-order valence-electron chi connectivity index (χ2n) is 5.51. The van der Waals surface area contributed by atoms with Gasteiger partial charge in [-0.2, -0.15) is 5.10 Å². The van der Waals surface area contributed by atoms with E-state index in [-0.39, 0.29) is 6.04 Å². The number of aromatic nitrogens is 2. The van der Waals surface area contributed by atoms with Crippen LogP contribution in [0.25, 0.3) is 0 Å². The van der Waals surface area contributed by atoms with Gasteiger partial charge in [-0.3, -0.25) is 4.68 Å². The molecule has 0 saturated heterocycles. The van der Waals surface area contributed by atoms with E-state index in [1.807, 2.05) is 18.7 Å². The third kappa shape index (κ3) is 3.14. The molecule has 3 nitrogen and oxygen atoms in total. The van der Waals surface area contributed by atoms with Gasteiger partial charge in [0.15, 0.2) is 0 Å². The van der Waals surface area contributed by atoms with E-state index in [1.165, 1.54) is 16.7 Å². The van der Waals surface area contributed by atoms with Crippen molar-refractivity contribution >= 4 is 11.6 Å². The van der Waals surface area contributed by atoms with Crippen LogP contribution < -0.4 is 5.32 Å². The molecule has 0 aliphatic carbocycles. The van der Waals surface area contributed by atoms with Crippen LogP contribution in [0.4, 0.5) is 0 Å². The second kappa shape index (κ2) is 6.63. The Hall–Kier alpha value is -1.32. The van der Waals surface area contributed by atoms with Crippen LogP contribution in [-0.4, -0.2) is 16.8 Å². The molecule has 0 fully saturated rings. The summed E-state index contributed by atoms with van der Waals surface area (Å²) in [5, 5.41) is 8.74. The fourth-order valence-electron chi connectivity index (χ4n) is 2.98. The highest BCUT2D eigenvalue weighted by molar-refractivity contribution is 6.31. The van der Waals surface area contributed by atoms with E-state index < -0.39 is 0 Å². The SMILES string of the molecule is CCn1nc(C)c(Cl)c1CC(NC)c1c(C)cccc1C.